The highest BCUT2D eigenvalue weighted by atomic mass is 35.5. The van der Waals surface area contributed by atoms with Crippen molar-refractivity contribution >= 4 is 29.2 Å². The molecule has 0 aliphatic carbocycles. The van der Waals surface area contributed by atoms with Gasteiger partial charge in [-0.15, -0.1) is 0 Å². The second kappa shape index (κ2) is 8.39. The van der Waals surface area contributed by atoms with Crippen LogP contribution in [0.3, 0.4) is 0 Å². The Morgan fingerprint density at radius 2 is 1.72 bits per heavy atom. The maximum absolute atomic E-state index is 12.3. The molecular formula is C18H18ClNO5. The number of carbonyl (C=O) groups is 2. The van der Waals surface area contributed by atoms with Gasteiger partial charge in [-0.2, -0.15) is 0 Å². The van der Waals surface area contributed by atoms with Crippen LogP contribution in [0.4, 0.5) is 5.69 Å². The molecule has 0 aliphatic heterocycles. The minimum absolute atomic E-state index is 0.203. The molecule has 6 nitrogen and oxygen atoms in total. The first kappa shape index (κ1) is 18.6. The van der Waals surface area contributed by atoms with Crippen LogP contribution in [0.5, 0.6) is 11.5 Å². The zero-order valence-corrected chi connectivity index (χ0v) is 14.8. The van der Waals surface area contributed by atoms with Crippen LogP contribution in [0.2, 0.25) is 5.02 Å². The van der Waals surface area contributed by atoms with Gasteiger partial charge in [-0.25, -0.2) is 4.79 Å². The summed E-state index contributed by atoms with van der Waals surface area (Å²) in [6.45, 7) is 1.49. The second-order valence-electron chi connectivity index (χ2n) is 5.11. The summed E-state index contributed by atoms with van der Waals surface area (Å²) in [5.41, 5.74) is 0.758. The quantitative estimate of drug-likeness (QED) is 0.794. The highest BCUT2D eigenvalue weighted by molar-refractivity contribution is 6.30. The van der Waals surface area contributed by atoms with E-state index in [1.54, 1.807) is 36.4 Å². The molecule has 0 saturated carbocycles. The van der Waals surface area contributed by atoms with Crippen LogP contribution in [0.15, 0.2) is 42.5 Å². The summed E-state index contributed by atoms with van der Waals surface area (Å²) in [6.07, 6.45) is -0.991. The third-order valence-corrected chi connectivity index (χ3v) is 3.65. The molecule has 1 N–H and O–H groups in total. The Labute approximate surface area is 150 Å². The summed E-state index contributed by atoms with van der Waals surface area (Å²) < 4.78 is 15.5. The zero-order valence-electron chi connectivity index (χ0n) is 14.0. The van der Waals surface area contributed by atoms with Gasteiger partial charge in [-0.05, 0) is 43.3 Å². The van der Waals surface area contributed by atoms with E-state index in [-0.39, 0.29) is 5.56 Å². The monoisotopic (exact) mass is 363 g/mol. The van der Waals surface area contributed by atoms with E-state index in [1.807, 2.05) is 0 Å². The second-order valence-corrected chi connectivity index (χ2v) is 5.55. The average molecular weight is 364 g/mol. The number of ether oxygens (including phenoxy) is 3. The Morgan fingerprint density at radius 3 is 2.32 bits per heavy atom. The standard InChI is InChI=1S/C18H18ClNO5/c1-11(17(21)20-13-6-4-12(19)5-7-13)25-18(22)15-9-8-14(23-2)10-16(15)24-3/h4-11H,1-3H3,(H,20,21)/t11-/m0/s1. The molecule has 0 unspecified atom stereocenters. The highest BCUT2D eigenvalue weighted by Gasteiger charge is 2.22. The van der Waals surface area contributed by atoms with Crippen LogP contribution < -0.4 is 14.8 Å². The predicted molar refractivity (Wildman–Crippen MR) is 94.5 cm³/mol. The fraction of sp³-hybridized carbons (Fsp3) is 0.222. The van der Waals surface area contributed by atoms with E-state index < -0.39 is 18.0 Å². The van der Waals surface area contributed by atoms with Crippen LogP contribution >= 0.6 is 11.6 Å². The fourth-order valence-corrected chi connectivity index (χ4v) is 2.15. The van der Waals surface area contributed by atoms with Crippen molar-refractivity contribution in [2.75, 3.05) is 19.5 Å². The van der Waals surface area contributed by atoms with Gasteiger partial charge >= 0.3 is 5.97 Å². The number of benzene rings is 2. The molecule has 0 radical (unpaired) electrons. The maximum atomic E-state index is 12.3. The van der Waals surface area contributed by atoms with Crippen LogP contribution in [0.1, 0.15) is 17.3 Å². The first-order chi connectivity index (χ1) is 11.9. The molecular weight excluding hydrogens is 346 g/mol. The van der Waals surface area contributed by atoms with Gasteiger partial charge < -0.3 is 19.5 Å². The molecule has 0 saturated heterocycles. The van der Waals surface area contributed by atoms with E-state index in [0.717, 1.165) is 0 Å². The van der Waals surface area contributed by atoms with Crippen molar-refractivity contribution in [1.29, 1.82) is 0 Å². The van der Waals surface area contributed by atoms with Gasteiger partial charge in [0.05, 0.1) is 14.2 Å². The molecule has 1 amide bonds. The van der Waals surface area contributed by atoms with Crippen molar-refractivity contribution in [2.45, 2.75) is 13.0 Å². The lowest BCUT2D eigenvalue weighted by atomic mass is 10.2. The molecule has 132 valence electrons. The minimum atomic E-state index is -0.991. The van der Waals surface area contributed by atoms with Crippen LogP contribution in [-0.2, 0) is 9.53 Å². The third-order valence-electron chi connectivity index (χ3n) is 3.39. The predicted octanol–water partition coefficient (Wildman–Crippen LogP) is 3.54. The fourth-order valence-electron chi connectivity index (χ4n) is 2.02. The van der Waals surface area contributed by atoms with Gasteiger partial charge in [0.1, 0.15) is 17.1 Å². The number of amides is 1. The Balaban J connectivity index is 2.04. The first-order valence-electron chi connectivity index (χ1n) is 7.44. The molecule has 0 bridgehead atoms. The SMILES string of the molecule is COc1ccc(C(=O)O[C@@H](C)C(=O)Nc2ccc(Cl)cc2)c(OC)c1. The lowest BCUT2D eigenvalue weighted by Gasteiger charge is -2.15. The molecule has 25 heavy (non-hydrogen) atoms. The largest absolute Gasteiger partial charge is 0.497 e. The molecule has 1 atom stereocenters. The summed E-state index contributed by atoms with van der Waals surface area (Å²) >= 11 is 5.79. The molecule has 2 aromatic carbocycles. The van der Waals surface area contributed by atoms with Crippen molar-refractivity contribution < 1.29 is 23.8 Å². The summed E-state index contributed by atoms with van der Waals surface area (Å²) in [7, 11) is 2.94. The Bertz CT molecular complexity index is 761. The number of esters is 1. The number of methoxy groups -OCH3 is 2. The Kier molecular flexibility index (Phi) is 6.25. The maximum Gasteiger partial charge on any atom is 0.342 e. The van der Waals surface area contributed by atoms with Gasteiger partial charge in [0.2, 0.25) is 0 Å². The molecule has 0 spiro atoms. The number of halogens is 1. The number of hydrogen-bond donors (Lipinski definition) is 1. The summed E-state index contributed by atoms with van der Waals surface area (Å²) in [4.78, 5) is 24.4. The number of hydrogen-bond acceptors (Lipinski definition) is 5. The molecule has 0 fully saturated rings. The first-order valence-corrected chi connectivity index (χ1v) is 7.82. The normalized spacial score (nSPS) is 11.4. The number of rotatable bonds is 6. The zero-order chi connectivity index (χ0) is 18.4. The number of nitrogens with one attached hydrogen (secondary N) is 1. The van der Waals surface area contributed by atoms with Gasteiger partial charge in [0.15, 0.2) is 6.10 Å². The van der Waals surface area contributed by atoms with E-state index in [4.69, 9.17) is 25.8 Å². The molecule has 7 heteroatoms. The van der Waals surface area contributed by atoms with E-state index in [2.05, 4.69) is 5.32 Å². The summed E-state index contributed by atoms with van der Waals surface area (Å²) in [6, 6.07) is 11.3. The van der Waals surface area contributed by atoms with E-state index in [1.165, 1.54) is 27.2 Å². The third kappa shape index (κ3) is 4.87. The highest BCUT2D eigenvalue weighted by Crippen LogP contribution is 2.25. The van der Waals surface area contributed by atoms with Crippen LogP contribution in [0, 0.1) is 0 Å². The smallest absolute Gasteiger partial charge is 0.342 e. The Hall–Kier alpha value is -2.73. The van der Waals surface area contributed by atoms with Gasteiger partial charge in [0.25, 0.3) is 5.91 Å². The van der Waals surface area contributed by atoms with Crippen LogP contribution in [-0.4, -0.2) is 32.2 Å². The van der Waals surface area contributed by atoms with Gasteiger partial charge in [-0.1, -0.05) is 11.6 Å². The lowest BCUT2D eigenvalue weighted by Crippen LogP contribution is -2.30. The number of carbonyl (C=O) groups excluding carboxylic acids is 2. The molecule has 2 aromatic rings. The van der Waals surface area contributed by atoms with Crippen molar-refractivity contribution in [3.63, 3.8) is 0 Å². The van der Waals surface area contributed by atoms with Crippen LogP contribution in [0.25, 0.3) is 0 Å². The minimum Gasteiger partial charge on any atom is -0.497 e. The van der Waals surface area contributed by atoms with Gasteiger partial charge in [0, 0.05) is 16.8 Å². The topological polar surface area (TPSA) is 73.9 Å². The van der Waals surface area contributed by atoms with Crippen molar-refractivity contribution in [3.8, 4) is 11.5 Å². The average Bonchev–Trinajstić information content (AvgIpc) is 2.62. The van der Waals surface area contributed by atoms with Crippen molar-refractivity contribution in [2.24, 2.45) is 0 Å². The van der Waals surface area contributed by atoms with E-state index in [0.29, 0.717) is 22.2 Å². The van der Waals surface area contributed by atoms with Gasteiger partial charge in [-0.3, -0.25) is 4.79 Å². The summed E-state index contributed by atoms with van der Waals surface area (Å²) in [5.74, 6) is -0.280. The molecule has 0 heterocycles. The van der Waals surface area contributed by atoms with Crippen molar-refractivity contribution in [3.05, 3.63) is 53.1 Å². The lowest BCUT2D eigenvalue weighted by molar-refractivity contribution is -0.123. The molecule has 0 aromatic heterocycles. The Morgan fingerprint density at radius 1 is 1.04 bits per heavy atom. The van der Waals surface area contributed by atoms with E-state index >= 15 is 0 Å². The summed E-state index contributed by atoms with van der Waals surface area (Å²) in [5, 5.41) is 3.21. The molecule has 2 rings (SSSR count). The van der Waals surface area contributed by atoms with E-state index in [9.17, 15) is 9.59 Å². The van der Waals surface area contributed by atoms with Crippen molar-refractivity contribution in [1.82, 2.24) is 0 Å². The number of anilines is 1. The molecule has 0 aliphatic rings.